The van der Waals surface area contributed by atoms with Crippen molar-refractivity contribution in [1.82, 2.24) is 24.5 Å². The predicted octanol–water partition coefficient (Wildman–Crippen LogP) is 3.12. The zero-order valence-corrected chi connectivity index (χ0v) is 14.4. The first-order chi connectivity index (χ1) is 12.6. The third-order valence-corrected chi connectivity index (χ3v) is 3.85. The lowest BCUT2D eigenvalue weighted by Crippen LogP contribution is -2.17. The predicted molar refractivity (Wildman–Crippen MR) is 86.7 cm³/mol. The van der Waals surface area contributed by atoms with Gasteiger partial charge in [0.05, 0.1) is 6.54 Å². The summed E-state index contributed by atoms with van der Waals surface area (Å²) in [6.45, 7) is 0.258. The number of aryl methyl sites for hydroxylation is 1. The van der Waals surface area contributed by atoms with Gasteiger partial charge in [-0.15, -0.1) is 5.10 Å². The van der Waals surface area contributed by atoms with Crippen LogP contribution in [-0.2, 0) is 19.8 Å². The smallest absolute Gasteiger partial charge is 0.288 e. The zero-order valence-electron chi connectivity index (χ0n) is 13.6. The molecule has 0 atom stereocenters. The number of alkyl halides is 3. The Balaban J connectivity index is 1.75. The first-order valence-electron chi connectivity index (χ1n) is 7.40. The quantitative estimate of drug-likeness (QED) is 0.680. The molecule has 0 saturated heterocycles. The van der Waals surface area contributed by atoms with Crippen LogP contribution in [0, 0.1) is 5.82 Å². The van der Waals surface area contributed by atoms with Gasteiger partial charge in [0.1, 0.15) is 22.9 Å². The molecule has 0 radical (unpaired) electrons. The highest BCUT2D eigenvalue weighted by atomic mass is 35.5. The highest BCUT2D eigenvalue weighted by Crippen LogP contribution is 2.35. The van der Waals surface area contributed by atoms with E-state index in [-0.39, 0.29) is 18.3 Å². The molecule has 1 aromatic carbocycles. The van der Waals surface area contributed by atoms with Gasteiger partial charge in [0, 0.05) is 7.05 Å². The Kier molecular flexibility index (Phi) is 4.87. The van der Waals surface area contributed by atoms with Crippen LogP contribution in [0.4, 0.5) is 23.5 Å². The van der Waals surface area contributed by atoms with Gasteiger partial charge in [-0.3, -0.25) is 14.8 Å². The summed E-state index contributed by atoms with van der Waals surface area (Å²) in [5, 5.41) is 8.68. The van der Waals surface area contributed by atoms with E-state index in [1.807, 2.05) is 0 Å². The molecule has 0 aliphatic carbocycles. The molecule has 27 heavy (non-hydrogen) atoms. The van der Waals surface area contributed by atoms with Crippen LogP contribution in [0.1, 0.15) is 21.7 Å². The summed E-state index contributed by atoms with van der Waals surface area (Å²) in [4.78, 5) is 16.1. The molecule has 3 aromatic rings. The van der Waals surface area contributed by atoms with E-state index < -0.39 is 28.5 Å². The lowest BCUT2D eigenvalue weighted by Gasteiger charge is -2.03. The summed E-state index contributed by atoms with van der Waals surface area (Å²) in [5.74, 6) is -1.45. The topological polar surface area (TPSA) is 77.6 Å². The second kappa shape index (κ2) is 6.99. The van der Waals surface area contributed by atoms with Crippen molar-refractivity contribution in [2.45, 2.75) is 12.7 Å². The van der Waals surface area contributed by atoms with Gasteiger partial charge in [-0.25, -0.2) is 14.1 Å². The van der Waals surface area contributed by atoms with E-state index in [1.165, 1.54) is 23.1 Å². The van der Waals surface area contributed by atoms with Crippen molar-refractivity contribution in [1.29, 1.82) is 0 Å². The highest BCUT2D eigenvalue weighted by molar-refractivity contribution is 6.34. The Hall–Kier alpha value is -2.95. The molecule has 0 aliphatic heterocycles. The van der Waals surface area contributed by atoms with Crippen LogP contribution < -0.4 is 5.32 Å². The molecule has 1 N–H and O–H groups in total. The summed E-state index contributed by atoms with van der Waals surface area (Å²) in [6, 6.07) is 5.70. The van der Waals surface area contributed by atoms with Crippen molar-refractivity contribution < 1.29 is 22.4 Å². The van der Waals surface area contributed by atoms with E-state index >= 15 is 0 Å². The summed E-state index contributed by atoms with van der Waals surface area (Å²) in [5.41, 5.74) is -1.09. The van der Waals surface area contributed by atoms with Gasteiger partial charge < -0.3 is 0 Å². The van der Waals surface area contributed by atoms with Crippen molar-refractivity contribution in [3.8, 4) is 0 Å². The number of anilines is 1. The highest BCUT2D eigenvalue weighted by Gasteiger charge is 2.39. The standard InChI is InChI=1S/C15H11ClF4N6O/c1-25-11(10(16)12(23-25)15(18,19)20)13(27)22-14-21-7-26(24-14)6-8-2-4-9(17)5-3-8/h2-5,7H,6H2,1H3,(H,22,24,27). The maximum absolute atomic E-state index is 12.9. The van der Waals surface area contributed by atoms with Gasteiger partial charge in [-0.2, -0.15) is 18.3 Å². The summed E-state index contributed by atoms with van der Waals surface area (Å²) >= 11 is 5.66. The van der Waals surface area contributed by atoms with Gasteiger partial charge in [-0.1, -0.05) is 23.7 Å². The first kappa shape index (κ1) is 18.8. The Morgan fingerprint density at radius 1 is 1.22 bits per heavy atom. The molecule has 1 amide bonds. The molecule has 2 aromatic heterocycles. The van der Waals surface area contributed by atoms with Crippen LogP contribution in [0.5, 0.6) is 0 Å². The largest absolute Gasteiger partial charge is 0.436 e. The number of hydrogen-bond acceptors (Lipinski definition) is 4. The van der Waals surface area contributed by atoms with Gasteiger partial charge in [0.25, 0.3) is 5.91 Å². The number of carbonyl (C=O) groups is 1. The Labute approximate surface area is 154 Å². The van der Waals surface area contributed by atoms with E-state index in [9.17, 15) is 22.4 Å². The van der Waals surface area contributed by atoms with Crippen molar-refractivity contribution in [3.05, 3.63) is 58.4 Å². The fourth-order valence-electron chi connectivity index (χ4n) is 2.29. The number of nitrogens with one attached hydrogen (secondary N) is 1. The maximum atomic E-state index is 12.9. The number of aromatic nitrogens is 5. The van der Waals surface area contributed by atoms with Crippen molar-refractivity contribution in [2.24, 2.45) is 7.05 Å². The molecule has 0 aliphatic rings. The molecule has 0 spiro atoms. The van der Waals surface area contributed by atoms with Crippen LogP contribution in [0.3, 0.4) is 0 Å². The Bertz CT molecular complexity index is 979. The minimum atomic E-state index is -4.79. The minimum Gasteiger partial charge on any atom is -0.288 e. The average Bonchev–Trinajstić information content (AvgIpc) is 3.13. The summed E-state index contributed by atoms with van der Waals surface area (Å²) in [7, 11) is 1.16. The average molecular weight is 403 g/mol. The van der Waals surface area contributed by atoms with Gasteiger partial charge in [0.15, 0.2) is 5.69 Å². The first-order valence-corrected chi connectivity index (χ1v) is 7.78. The second-order valence-corrected chi connectivity index (χ2v) is 5.86. The van der Waals surface area contributed by atoms with Crippen molar-refractivity contribution in [2.75, 3.05) is 5.32 Å². The molecule has 3 rings (SSSR count). The van der Waals surface area contributed by atoms with E-state index in [1.54, 1.807) is 12.1 Å². The number of hydrogen-bond donors (Lipinski definition) is 1. The van der Waals surface area contributed by atoms with Crippen LogP contribution in [0.25, 0.3) is 0 Å². The maximum Gasteiger partial charge on any atom is 0.436 e. The van der Waals surface area contributed by atoms with Crippen molar-refractivity contribution >= 4 is 23.5 Å². The number of nitrogens with zero attached hydrogens (tertiary/aromatic N) is 5. The van der Waals surface area contributed by atoms with E-state index in [0.29, 0.717) is 0 Å². The lowest BCUT2D eigenvalue weighted by atomic mass is 10.2. The summed E-state index contributed by atoms with van der Waals surface area (Å²) < 4.78 is 53.5. The lowest BCUT2D eigenvalue weighted by molar-refractivity contribution is -0.141. The second-order valence-electron chi connectivity index (χ2n) is 5.48. The minimum absolute atomic E-state index is 0.132. The molecular weight excluding hydrogens is 392 g/mol. The number of halogens is 5. The monoisotopic (exact) mass is 402 g/mol. The van der Waals surface area contributed by atoms with E-state index in [0.717, 1.165) is 17.3 Å². The number of benzene rings is 1. The molecule has 7 nitrogen and oxygen atoms in total. The van der Waals surface area contributed by atoms with Gasteiger partial charge in [0.2, 0.25) is 5.95 Å². The van der Waals surface area contributed by atoms with E-state index in [4.69, 9.17) is 11.6 Å². The summed E-state index contributed by atoms with van der Waals surface area (Å²) in [6.07, 6.45) is -3.48. The fourth-order valence-corrected chi connectivity index (χ4v) is 2.64. The third kappa shape index (κ3) is 4.08. The van der Waals surface area contributed by atoms with Crippen LogP contribution in [0.2, 0.25) is 5.02 Å². The Morgan fingerprint density at radius 2 is 1.89 bits per heavy atom. The molecule has 142 valence electrons. The molecule has 0 unspecified atom stereocenters. The van der Waals surface area contributed by atoms with Crippen LogP contribution in [0.15, 0.2) is 30.6 Å². The number of amides is 1. The molecule has 0 bridgehead atoms. The van der Waals surface area contributed by atoms with Crippen LogP contribution in [-0.4, -0.2) is 30.5 Å². The molecule has 0 saturated carbocycles. The zero-order chi connectivity index (χ0) is 19.8. The number of carbonyl (C=O) groups excluding carboxylic acids is 1. The third-order valence-electron chi connectivity index (χ3n) is 3.49. The normalized spacial score (nSPS) is 11.6. The van der Waals surface area contributed by atoms with Crippen molar-refractivity contribution in [3.63, 3.8) is 0 Å². The fraction of sp³-hybridized carbons (Fsp3) is 0.200. The van der Waals surface area contributed by atoms with Gasteiger partial charge >= 0.3 is 6.18 Å². The molecule has 12 heteroatoms. The SMILES string of the molecule is Cn1nc(C(F)(F)F)c(Cl)c1C(=O)Nc1ncn(Cc2ccc(F)cc2)n1. The molecule has 0 fully saturated rings. The Morgan fingerprint density at radius 3 is 2.48 bits per heavy atom. The molecule has 2 heterocycles. The van der Waals surface area contributed by atoms with E-state index in [2.05, 4.69) is 20.5 Å². The number of rotatable bonds is 4. The van der Waals surface area contributed by atoms with Gasteiger partial charge in [-0.05, 0) is 17.7 Å². The van der Waals surface area contributed by atoms with Crippen LogP contribution >= 0.6 is 11.6 Å². The molecular formula is C15H11ClF4N6O.